The van der Waals surface area contributed by atoms with Crippen LogP contribution in [-0.2, 0) is 10.2 Å². The standard InChI is InChI=1S/C32H28F2N6O5S/c33-27-28(25-14-22(41)13-19-3-1-2-4-24(19)25)36-15-26-29(27)38-32(39-30(26)40-16-20-7-8-21(17-40)37-20)45-12-11-35-31(42)18-5-9-23(10-6-18)46(34,43)44/h1-6,9-10,13-15,20-21,37,41H,7-8,11-12,16-17H2,(H,35,42). The minimum absolute atomic E-state index is 0.00949. The Labute approximate surface area is 262 Å². The number of ether oxygens (including phenoxy) is 1. The van der Waals surface area contributed by atoms with Crippen LogP contribution in [0.2, 0.25) is 0 Å². The van der Waals surface area contributed by atoms with Crippen LogP contribution in [0, 0.1) is 5.82 Å². The lowest BCUT2D eigenvalue weighted by molar-refractivity contribution is 0.0946. The second kappa shape index (κ2) is 11.8. The van der Waals surface area contributed by atoms with E-state index in [1.54, 1.807) is 12.3 Å². The molecule has 7 rings (SSSR count). The van der Waals surface area contributed by atoms with Gasteiger partial charge in [0.2, 0.25) is 0 Å². The van der Waals surface area contributed by atoms with Crippen LogP contribution < -0.4 is 20.3 Å². The van der Waals surface area contributed by atoms with E-state index in [1.165, 1.54) is 18.2 Å². The Bertz CT molecular complexity index is 2090. The summed E-state index contributed by atoms with van der Waals surface area (Å²) in [6.45, 7) is 1.30. The van der Waals surface area contributed by atoms with Gasteiger partial charge in [-0.1, -0.05) is 24.3 Å². The van der Waals surface area contributed by atoms with Gasteiger partial charge in [0, 0.05) is 42.5 Å². The van der Waals surface area contributed by atoms with Crippen molar-refractivity contribution in [3.63, 3.8) is 0 Å². The summed E-state index contributed by atoms with van der Waals surface area (Å²) in [7, 11) is -4.87. The molecular formula is C32H28F2N6O5S. The van der Waals surface area contributed by atoms with Gasteiger partial charge in [-0.3, -0.25) is 9.78 Å². The number of phenolic OH excluding ortho intramolecular Hbond substituents is 1. The summed E-state index contributed by atoms with van der Waals surface area (Å²) < 4.78 is 57.5. The number of amides is 1. The first kappa shape index (κ1) is 29.7. The van der Waals surface area contributed by atoms with Gasteiger partial charge in [-0.2, -0.15) is 18.4 Å². The van der Waals surface area contributed by atoms with Crippen LogP contribution in [0.3, 0.4) is 0 Å². The largest absolute Gasteiger partial charge is 0.508 e. The summed E-state index contributed by atoms with van der Waals surface area (Å²) in [6, 6.07) is 15.3. The Morgan fingerprint density at radius 3 is 2.52 bits per heavy atom. The first-order valence-electron chi connectivity index (χ1n) is 14.7. The van der Waals surface area contributed by atoms with Crippen molar-refractivity contribution in [3.8, 4) is 23.0 Å². The predicted octanol–water partition coefficient (Wildman–Crippen LogP) is 4.10. The van der Waals surface area contributed by atoms with Gasteiger partial charge < -0.3 is 25.4 Å². The van der Waals surface area contributed by atoms with Crippen LogP contribution in [0.5, 0.6) is 11.8 Å². The van der Waals surface area contributed by atoms with Gasteiger partial charge >= 0.3 is 16.2 Å². The molecule has 0 aliphatic carbocycles. The second-order valence-electron chi connectivity index (χ2n) is 11.3. The van der Waals surface area contributed by atoms with Crippen molar-refractivity contribution in [1.82, 2.24) is 25.6 Å². The van der Waals surface area contributed by atoms with Crippen LogP contribution in [0.25, 0.3) is 32.9 Å². The predicted molar refractivity (Wildman–Crippen MR) is 167 cm³/mol. The second-order valence-corrected chi connectivity index (χ2v) is 12.7. The van der Waals surface area contributed by atoms with E-state index in [9.17, 15) is 22.2 Å². The van der Waals surface area contributed by atoms with Crippen molar-refractivity contribution < 1.29 is 31.3 Å². The quantitative estimate of drug-likeness (QED) is 0.166. The third-order valence-corrected chi connectivity index (χ3v) is 9.11. The molecule has 11 nitrogen and oxygen atoms in total. The van der Waals surface area contributed by atoms with Crippen molar-refractivity contribution in [2.24, 2.45) is 0 Å². The molecule has 3 N–H and O–H groups in total. The van der Waals surface area contributed by atoms with Crippen molar-refractivity contribution in [3.05, 3.63) is 78.2 Å². The van der Waals surface area contributed by atoms with Crippen molar-refractivity contribution in [1.29, 1.82) is 0 Å². The number of nitrogens with one attached hydrogen (secondary N) is 2. The highest BCUT2D eigenvalue weighted by atomic mass is 32.3. The lowest BCUT2D eigenvalue weighted by Gasteiger charge is -2.34. The summed E-state index contributed by atoms with van der Waals surface area (Å²) >= 11 is 0. The summed E-state index contributed by atoms with van der Waals surface area (Å²) in [5.41, 5.74) is 0.578. The maximum absolute atomic E-state index is 16.5. The number of carbonyl (C=O) groups is 1. The fourth-order valence-electron chi connectivity index (χ4n) is 6.15. The summed E-state index contributed by atoms with van der Waals surface area (Å²) in [6.07, 6.45) is 3.61. The van der Waals surface area contributed by atoms with E-state index in [0.717, 1.165) is 30.4 Å². The van der Waals surface area contributed by atoms with Gasteiger partial charge in [0.05, 0.1) is 16.8 Å². The van der Waals surface area contributed by atoms with E-state index < -0.39 is 26.8 Å². The molecular weight excluding hydrogens is 618 g/mol. The van der Waals surface area contributed by atoms with Crippen LogP contribution in [-0.4, -0.2) is 72.7 Å². The van der Waals surface area contributed by atoms with Gasteiger partial charge in [0.1, 0.15) is 29.4 Å². The monoisotopic (exact) mass is 646 g/mol. The molecule has 236 valence electrons. The Morgan fingerprint density at radius 1 is 1.04 bits per heavy atom. The molecule has 2 aliphatic rings. The number of fused-ring (bicyclic) bond motifs is 4. The summed E-state index contributed by atoms with van der Waals surface area (Å²) in [5, 5.41) is 18.5. The number of nitrogens with zero attached hydrogens (tertiary/aromatic N) is 4. The Balaban J connectivity index is 1.19. The molecule has 2 fully saturated rings. The Morgan fingerprint density at radius 2 is 1.78 bits per heavy atom. The molecule has 2 bridgehead atoms. The highest BCUT2D eigenvalue weighted by Crippen LogP contribution is 2.37. The molecule has 1 amide bonds. The third kappa shape index (κ3) is 5.76. The van der Waals surface area contributed by atoms with E-state index in [1.807, 2.05) is 24.3 Å². The SMILES string of the molecule is O=C(NCCOc1nc(N2CC3CCC(C2)N3)c2cnc(-c3cc(O)cc4ccccc34)c(F)c2n1)c1ccc(S(=O)(=O)F)cc1. The molecule has 0 saturated carbocycles. The first-order chi connectivity index (χ1) is 22.1. The summed E-state index contributed by atoms with van der Waals surface area (Å²) in [4.78, 5) is 27.6. The van der Waals surface area contributed by atoms with Crippen LogP contribution >= 0.6 is 0 Å². The molecule has 46 heavy (non-hydrogen) atoms. The fraction of sp³-hybridized carbons (Fsp3) is 0.250. The number of anilines is 1. The lowest BCUT2D eigenvalue weighted by Crippen LogP contribution is -2.51. The maximum Gasteiger partial charge on any atom is 0.332 e. The number of hydrogen-bond acceptors (Lipinski definition) is 10. The first-order valence-corrected chi connectivity index (χ1v) is 16.1. The lowest BCUT2D eigenvalue weighted by atomic mass is 10.0. The van der Waals surface area contributed by atoms with E-state index in [-0.39, 0.29) is 53.8 Å². The molecule has 2 aliphatic heterocycles. The van der Waals surface area contributed by atoms with Gasteiger partial charge in [-0.05, 0) is 60.0 Å². The molecule has 0 radical (unpaired) electrons. The molecule has 4 heterocycles. The van der Waals surface area contributed by atoms with Gasteiger partial charge in [-0.25, -0.2) is 4.39 Å². The molecule has 2 atom stereocenters. The molecule has 2 aromatic heterocycles. The van der Waals surface area contributed by atoms with E-state index in [2.05, 4.69) is 30.5 Å². The number of phenols is 1. The number of aromatic hydroxyl groups is 1. The zero-order chi connectivity index (χ0) is 32.0. The number of benzene rings is 3. The topological polar surface area (TPSA) is 147 Å². The maximum atomic E-state index is 16.5. The van der Waals surface area contributed by atoms with E-state index >= 15 is 4.39 Å². The van der Waals surface area contributed by atoms with Gasteiger partial charge in [0.15, 0.2) is 5.82 Å². The summed E-state index contributed by atoms with van der Waals surface area (Å²) in [5.74, 6) is -0.747. The number of rotatable bonds is 8. The van der Waals surface area contributed by atoms with Crippen molar-refractivity contribution in [2.45, 2.75) is 29.8 Å². The minimum atomic E-state index is -4.87. The fourth-order valence-corrected chi connectivity index (χ4v) is 6.61. The van der Waals surface area contributed by atoms with Crippen LogP contribution in [0.4, 0.5) is 14.1 Å². The minimum Gasteiger partial charge on any atom is -0.508 e. The van der Waals surface area contributed by atoms with Crippen LogP contribution in [0.1, 0.15) is 23.2 Å². The Hall–Kier alpha value is -4.95. The molecule has 3 aromatic carbocycles. The zero-order valence-corrected chi connectivity index (χ0v) is 25.1. The highest BCUT2D eigenvalue weighted by Gasteiger charge is 2.34. The molecule has 5 aromatic rings. The number of pyridine rings is 1. The normalized spacial score (nSPS) is 17.8. The van der Waals surface area contributed by atoms with Gasteiger partial charge in [-0.15, -0.1) is 3.89 Å². The number of aromatic nitrogens is 3. The average Bonchev–Trinajstić information content (AvgIpc) is 3.39. The third-order valence-electron chi connectivity index (χ3n) is 8.28. The number of halogens is 2. The smallest absolute Gasteiger partial charge is 0.332 e. The average molecular weight is 647 g/mol. The van der Waals surface area contributed by atoms with E-state index in [4.69, 9.17) is 4.74 Å². The van der Waals surface area contributed by atoms with Gasteiger partial charge in [0.25, 0.3) is 5.91 Å². The van der Waals surface area contributed by atoms with Crippen molar-refractivity contribution in [2.75, 3.05) is 31.1 Å². The number of carbonyl (C=O) groups excluding carboxylic acids is 1. The zero-order valence-electron chi connectivity index (χ0n) is 24.3. The molecule has 14 heteroatoms. The van der Waals surface area contributed by atoms with Crippen LogP contribution in [0.15, 0.2) is 71.8 Å². The molecule has 0 spiro atoms. The molecule has 2 saturated heterocycles. The number of piperazine rings is 1. The molecule has 2 unspecified atom stereocenters. The van der Waals surface area contributed by atoms with Crippen molar-refractivity contribution >= 4 is 43.6 Å². The Kier molecular flexibility index (Phi) is 7.61. The number of hydrogen-bond donors (Lipinski definition) is 3. The van der Waals surface area contributed by atoms with E-state index in [0.29, 0.717) is 35.2 Å². The highest BCUT2D eigenvalue weighted by molar-refractivity contribution is 7.86.